The molecule has 3 heterocycles. The van der Waals surface area contributed by atoms with E-state index in [0.717, 1.165) is 38.9 Å². The van der Waals surface area contributed by atoms with E-state index in [1.807, 2.05) is 24.3 Å². The first-order valence-corrected chi connectivity index (χ1v) is 15.2. The van der Waals surface area contributed by atoms with E-state index in [9.17, 15) is 9.59 Å². The Morgan fingerprint density at radius 1 is 1.05 bits per heavy atom. The van der Waals surface area contributed by atoms with Crippen LogP contribution in [0, 0.1) is 13.8 Å². The first-order valence-electron chi connectivity index (χ1n) is 14.4. The molecule has 224 valence electrons. The Bertz CT molecular complexity index is 2140. The summed E-state index contributed by atoms with van der Waals surface area (Å²) in [6.07, 6.45) is 1.94. The number of aryl methyl sites for hydroxylation is 2. The third-order valence-corrected chi connectivity index (χ3v) is 8.86. The Labute approximate surface area is 258 Å². The van der Waals surface area contributed by atoms with E-state index < -0.39 is 12.0 Å². The maximum absolute atomic E-state index is 14.5. The molecule has 5 aromatic rings. The van der Waals surface area contributed by atoms with Crippen LogP contribution < -0.4 is 24.4 Å². The largest absolute Gasteiger partial charge is 0.497 e. The summed E-state index contributed by atoms with van der Waals surface area (Å²) in [6.45, 7) is 7.85. The number of benzene rings is 3. The smallest absolute Gasteiger partial charge is 0.338 e. The van der Waals surface area contributed by atoms with Crippen LogP contribution in [0.1, 0.15) is 42.1 Å². The molecule has 0 saturated carbocycles. The van der Waals surface area contributed by atoms with Crippen LogP contribution in [0.4, 0.5) is 0 Å². The van der Waals surface area contributed by atoms with E-state index >= 15 is 0 Å². The first-order chi connectivity index (χ1) is 21.2. The van der Waals surface area contributed by atoms with E-state index in [1.165, 1.54) is 11.3 Å². The van der Waals surface area contributed by atoms with Gasteiger partial charge >= 0.3 is 5.97 Å². The van der Waals surface area contributed by atoms with E-state index in [2.05, 4.69) is 43.1 Å². The van der Waals surface area contributed by atoms with E-state index in [0.29, 0.717) is 32.1 Å². The van der Waals surface area contributed by atoms with Gasteiger partial charge in [0.15, 0.2) is 4.80 Å². The minimum atomic E-state index is -0.835. The van der Waals surface area contributed by atoms with Gasteiger partial charge < -0.3 is 19.2 Å². The monoisotopic (exact) mass is 607 g/mol. The predicted molar refractivity (Wildman–Crippen MR) is 173 cm³/mol. The number of rotatable bonds is 7. The fourth-order valence-electron chi connectivity index (χ4n) is 5.93. The minimum absolute atomic E-state index is 0.184. The number of hydrogen-bond acceptors (Lipinski definition) is 7. The van der Waals surface area contributed by atoms with Crippen LogP contribution in [0.25, 0.3) is 28.2 Å². The van der Waals surface area contributed by atoms with Gasteiger partial charge in [-0.15, -0.1) is 0 Å². The van der Waals surface area contributed by atoms with Gasteiger partial charge in [-0.25, -0.2) is 9.79 Å². The van der Waals surface area contributed by atoms with Crippen molar-refractivity contribution in [1.82, 2.24) is 9.55 Å². The van der Waals surface area contributed by atoms with Crippen LogP contribution in [0.2, 0.25) is 0 Å². The number of fused-ring (bicyclic) bond motifs is 2. The van der Waals surface area contributed by atoms with Crippen molar-refractivity contribution < 1.29 is 19.0 Å². The third-order valence-electron chi connectivity index (χ3n) is 7.88. The fourth-order valence-corrected chi connectivity index (χ4v) is 6.95. The van der Waals surface area contributed by atoms with Crippen molar-refractivity contribution in [2.75, 3.05) is 20.8 Å². The van der Waals surface area contributed by atoms with Gasteiger partial charge in [-0.3, -0.25) is 9.36 Å². The molecule has 0 fully saturated rings. The van der Waals surface area contributed by atoms with E-state index in [-0.39, 0.29) is 17.7 Å². The lowest BCUT2D eigenvalue weighted by Crippen LogP contribution is -2.40. The van der Waals surface area contributed by atoms with Crippen molar-refractivity contribution in [3.63, 3.8) is 0 Å². The molecule has 1 N–H and O–H groups in total. The van der Waals surface area contributed by atoms with E-state index in [4.69, 9.17) is 19.2 Å². The molecule has 1 aliphatic rings. The standard InChI is InChI=1S/C35H33N3O5S/c1-7-43-34(40)29-21(4)36-35-38(32(29)26-17-23(41-5)13-14-27(26)42-6)33(39)28(44-35)18-25-24-16-19(2)15-20(3)30(24)37-31(25)22-11-9-8-10-12-22/h8-18,32,37H,7H2,1-6H3/b28-18+/t32-/m1/s1. The molecule has 2 aromatic heterocycles. The first kappa shape index (κ1) is 29.2. The number of nitrogens with one attached hydrogen (secondary N) is 1. The van der Waals surface area contributed by atoms with Crippen molar-refractivity contribution in [3.05, 3.63) is 114 Å². The van der Waals surface area contributed by atoms with Gasteiger partial charge in [0.05, 0.1) is 42.3 Å². The summed E-state index contributed by atoms with van der Waals surface area (Å²) in [6, 6.07) is 18.9. The molecule has 6 rings (SSSR count). The summed E-state index contributed by atoms with van der Waals surface area (Å²) in [7, 11) is 3.13. The molecule has 0 bridgehead atoms. The van der Waals surface area contributed by atoms with Crippen LogP contribution in [-0.4, -0.2) is 36.3 Å². The second-order valence-corrected chi connectivity index (χ2v) is 11.7. The summed E-state index contributed by atoms with van der Waals surface area (Å²) in [5, 5.41) is 1.03. The van der Waals surface area contributed by atoms with Crippen molar-refractivity contribution in [1.29, 1.82) is 0 Å². The second kappa shape index (κ2) is 11.7. The highest BCUT2D eigenvalue weighted by molar-refractivity contribution is 7.07. The van der Waals surface area contributed by atoms with Crippen LogP contribution in [-0.2, 0) is 9.53 Å². The summed E-state index contributed by atoms with van der Waals surface area (Å²) in [5.74, 6) is 0.542. The molecule has 0 radical (unpaired) electrons. The number of allylic oxidation sites excluding steroid dienone is 1. The molecule has 1 aliphatic heterocycles. The quantitative estimate of drug-likeness (QED) is 0.244. The molecule has 8 nitrogen and oxygen atoms in total. The summed E-state index contributed by atoms with van der Waals surface area (Å²) in [4.78, 5) is 36.7. The average molecular weight is 608 g/mol. The van der Waals surface area contributed by atoms with Gasteiger partial charge in [0.25, 0.3) is 5.56 Å². The number of carbonyl (C=O) groups is 1. The lowest BCUT2D eigenvalue weighted by molar-refractivity contribution is -0.139. The zero-order valence-corrected chi connectivity index (χ0v) is 26.3. The highest BCUT2D eigenvalue weighted by Crippen LogP contribution is 2.38. The van der Waals surface area contributed by atoms with Crippen molar-refractivity contribution >= 4 is 34.3 Å². The normalized spacial score (nSPS) is 14.9. The molecule has 0 aliphatic carbocycles. The summed E-state index contributed by atoms with van der Waals surface area (Å²) in [5.41, 5.74) is 7.22. The Morgan fingerprint density at radius 3 is 2.52 bits per heavy atom. The van der Waals surface area contributed by atoms with Gasteiger partial charge in [0.1, 0.15) is 17.5 Å². The van der Waals surface area contributed by atoms with Crippen molar-refractivity contribution in [2.24, 2.45) is 4.99 Å². The number of methoxy groups -OCH3 is 2. The molecular weight excluding hydrogens is 574 g/mol. The average Bonchev–Trinajstić information content (AvgIpc) is 3.53. The number of nitrogens with zero attached hydrogens (tertiary/aromatic N) is 2. The Hall–Kier alpha value is -4.89. The lowest BCUT2D eigenvalue weighted by atomic mass is 9.94. The third kappa shape index (κ3) is 4.93. The highest BCUT2D eigenvalue weighted by atomic mass is 32.1. The van der Waals surface area contributed by atoms with E-state index in [1.54, 1.807) is 50.8 Å². The molecule has 0 amide bonds. The topological polar surface area (TPSA) is 94.9 Å². The van der Waals surface area contributed by atoms with Crippen LogP contribution in [0.5, 0.6) is 11.5 Å². The van der Waals surface area contributed by atoms with Crippen LogP contribution in [0.3, 0.4) is 0 Å². The van der Waals surface area contributed by atoms with Gasteiger partial charge in [-0.1, -0.05) is 53.3 Å². The number of aromatic amines is 1. The molecule has 0 unspecified atom stereocenters. The lowest BCUT2D eigenvalue weighted by Gasteiger charge is -2.26. The van der Waals surface area contributed by atoms with Crippen LogP contribution in [0.15, 0.2) is 81.7 Å². The molecule has 3 aromatic carbocycles. The van der Waals surface area contributed by atoms with Crippen molar-refractivity contribution in [2.45, 2.75) is 33.7 Å². The molecule has 9 heteroatoms. The summed E-state index contributed by atoms with van der Waals surface area (Å²) < 4.78 is 18.8. The van der Waals surface area contributed by atoms with Gasteiger partial charge in [-0.05, 0) is 69.2 Å². The second-order valence-electron chi connectivity index (χ2n) is 10.7. The molecule has 0 spiro atoms. The van der Waals surface area contributed by atoms with Crippen molar-refractivity contribution in [3.8, 4) is 22.8 Å². The van der Waals surface area contributed by atoms with Gasteiger partial charge in [-0.2, -0.15) is 0 Å². The Kier molecular flexibility index (Phi) is 7.73. The van der Waals surface area contributed by atoms with Gasteiger partial charge in [0, 0.05) is 22.0 Å². The molecule has 1 atom stereocenters. The Morgan fingerprint density at radius 2 is 1.82 bits per heavy atom. The number of thiazole rings is 1. The highest BCUT2D eigenvalue weighted by Gasteiger charge is 2.35. The Balaban J connectivity index is 1.66. The number of esters is 1. The van der Waals surface area contributed by atoms with Gasteiger partial charge in [0.2, 0.25) is 0 Å². The predicted octanol–water partition coefficient (Wildman–Crippen LogP) is 5.58. The summed E-state index contributed by atoms with van der Waals surface area (Å²) >= 11 is 1.29. The SMILES string of the molecule is CCOC(=O)C1=C(C)N=c2s/c(=C/c3c(-c4ccccc4)[nH]c4c(C)cc(C)cc34)c(=O)n2[C@@H]1c1cc(OC)ccc1OC. The maximum Gasteiger partial charge on any atom is 0.338 e. The minimum Gasteiger partial charge on any atom is -0.497 e. The number of aromatic nitrogens is 2. The van der Waals surface area contributed by atoms with Crippen LogP contribution >= 0.6 is 11.3 Å². The molecule has 44 heavy (non-hydrogen) atoms. The molecule has 0 saturated heterocycles. The zero-order valence-electron chi connectivity index (χ0n) is 25.5. The zero-order chi connectivity index (χ0) is 31.1. The molecular formula is C35H33N3O5S. The maximum atomic E-state index is 14.5. The fraction of sp³-hybridized carbons (Fsp3) is 0.229. The number of hydrogen-bond donors (Lipinski definition) is 1. The number of H-pyrrole nitrogens is 1. The number of ether oxygens (including phenoxy) is 3. The number of carbonyl (C=O) groups excluding carboxylic acids is 1.